The molecular weight excluding hydrogens is 314 g/mol. The van der Waals surface area contributed by atoms with Gasteiger partial charge in [0.25, 0.3) is 10.2 Å². The Hall–Kier alpha value is -1.15. The molecule has 130 valence electrons. The second-order valence-corrected chi connectivity index (χ2v) is 7.60. The molecule has 1 saturated heterocycles. The number of likely N-dealkylation sites (N-methyl/N-ethyl adjacent to an activating group) is 1. The van der Waals surface area contributed by atoms with Crippen molar-refractivity contribution < 1.29 is 13.2 Å². The summed E-state index contributed by atoms with van der Waals surface area (Å²) in [6, 6.07) is 7.96. The van der Waals surface area contributed by atoms with Gasteiger partial charge in [-0.1, -0.05) is 25.5 Å². The van der Waals surface area contributed by atoms with Gasteiger partial charge in [0.05, 0.1) is 0 Å². The molecule has 1 aromatic rings. The maximum atomic E-state index is 12.2. The predicted octanol–water partition coefficient (Wildman–Crippen LogP) is 1.10. The van der Waals surface area contributed by atoms with Crippen LogP contribution in [0, 0.1) is 0 Å². The second-order valence-electron chi connectivity index (χ2n) is 5.84. The number of hydrogen-bond donors (Lipinski definition) is 1. The lowest BCUT2D eigenvalue weighted by Crippen LogP contribution is -2.51. The first kappa shape index (κ1) is 18.2. The van der Waals surface area contributed by atoms with Crippen LogP contribution < -0.4 is 9.46 Å². The van der Waals surface area contributed by atoms with Crippen molar-refractivity contribution in [2.45, 2.75) is 19.8 Å². The van der Waals surface area contributed by atoms with Crippen LogP contribution in [0.1, 0.15) is 18.9 Å². The standard InChI is InChI=1S/C16H27N3O3S/c1-3-4-15-5-7-16(8-6-15)22-14-9-17-23(20,21)19-12-10-18(2)11-13-19/h5-8,17H,3-4,9-14H2,1-2H3. The molecule has 1 aromatic carbocycles. The summed E-state index contributed by atoms with van der Waals surface area (Å²) in [5.74, 6) is 0.767. The number of hydrogen-bond acceptors (Lipinski definition) is 4. The second kappa shape index (κ2) is 8.63. The largest absolute Gasteiger partial charge is 0.492 e. The predicted molar refractivity (Wildman–Crippen MR) is 91.9 cm³/mol. The van der Waals surface area contributed by atoms with Crippen LogP contribution in [0.3, 0.4) is 0 Å². The smallest absolute Gasteiger partial charge is 0.279 e. The van der Waals surface area contributed by atoms with Crippen molar-refractivity contribution in [3.05, 3.63) is 29.8 Å². The van der Waals surface area contributed by atoms with Gasteiger partial charge in [-0.2, -0.15) is 17.4 Å². The highest BCUT2D eigenvalue weighted by Crippen LogP contribution is 2.13. The SMILES string of the molecule is CCCc1ccc(OCCNS(=O)(=O)N2CCN(C)CC2)cc1. The Morgan fingerprint density at radius 2 is 1.78 bits per heavy atom. The van der Waals surface area contributed by atoms with E-state index in [1.54, 1.807) is 0 Å². The van der Waals surface area contributed by atoms with Crippen LogP contribution in [0.2, 0.25) is 0 Å². The van der Waals surface area contributed by atoms with E-state index >= 15 is 0 Å². The molecule has 0 bridgehead atoms. The van der Waals surface area contributed by atoms with E-state index in [1.165, 1.54) is 9.87 Å². The lowest BCUT2D eigenvalue weighted by Gasteiger charge is -2.31. The Morgan fingerprint density at radius 3 is 2.39 bits per heavy atom. The van der Waals surface area contributed by atoms with Crippen molar-refractivity contribution in [3.63, 3.8) is 0 Å². The number of rotatable bonds is 8. The first-order chi connectivity index (χ1) is 11.0. The molecule has 0 radical (unpaired) electrons. The molecule has 0 atom stereocenters. The van der Waals surface area contributed by atoms with Gasteiger partial charge in [-0.05, 0) is 31.2 Å². The molecule has 1 heterocycles. The highest BCUT2D eigenvalue weighted by atomic mass is 32.2. The highest BCUT2D eigenvalue weighted by Gasteiger charge is 2.24. The number of ether oxygens (including phenoxy) is 1. The molecule has 2 rings (SSSR count). The summed E-state index contributed by atoms with van der Waals surface area (Å²) in [6.45, 7) is 5.34. The summed E-state index contributed by atoms with van der Waals surface area (Å²) in [7, 11) is -1.40. The van der Waals surface area contributed by atoms with Gasteiger partial charge >= 0.3 is 0 Å². The number of piperazine rings is 1. The maximum absolute atomic E-state index is 12.2. The molecule has 6 nitrogen and oxygen atoms in total. The molecule has 23 heavy (non-hydrogen) atoms. The molecule has 1 N–H and O–H groups in total. The van der Waals surface area contributed by atoms with Gasteiger partial charge in [0.15, 0.2) is 0 Å². The normalized spacial score (nSPS) is 17.3. The van der Waals surface area contributed by atoms with Gasteiger partial charge in [0.2, 0.25) is 0 Å². The molecule has 0 amide bonds. The van der Waals surface area contributed by atoms with Crippen LogP contribution in [0.15, 0.2) is 24.3 Å². The fourth-order valence-electron chi connectivity index (χ4n) is 2.50. The van der Waals surface area contributed by atoms with E-state index in [0.29, 0.717) is 19.7 Å². The van der Waals surface area contributed by atoms with Crippen molar-refractivity contribution in [2.24, 2.45) is 0 Å². The quantitative estimate of drug-likeness (QED) is 0.719. The van der Waals surface area contributed by atoms with Crippen molar-refractivity contribution in [1.82, 2.24) is 13.9 Å². The molecule has 0 unspecified atom stereocenters. The Morgan fingerprint density at radius 1 is 1.13 bits per heavy atom. The molecule has 1 aliphatic heterocycles. The number of nitrogens with zero attached hydrogens (tertiary/aromatic N) is 2. The molecule has 7 heteroatoms. The van der Waals surface area contributed by atoms with E-state index in [4.69, 9.17) is 4.74 Å². The number of benzene rings is 1. The average Bonchev–Trinajstić information content (AvgIpc) is 2.54. The van der Waals surface area contributed by atoms with E-state index in [1.807, 2.05) is 31.3 Å². The van der Waals surface area contributed by atoms with Crippen LogP contribution in [-0.4, -0.2) is 64.0 Å². The van der Waals surface area contributed by atoms with Gasteiger partial charge in [0, 0.05) is 32.7 Å². The minimum absolute atomic E-state index is 0.269. The van der Waals surface area contributed by atoms with Gasteiger partial charge in [0.1, 0.15) is 12.4 Å². The van der Waals surface area contributed by atoms with Gasteiger partial charge in [-0.3, -0.25) is 0 Å². The van der Waals surface area contributed by atoms with E-state index in [0.717, 1.165) is 31.7 Å². The fourth-order valence-corrected chi connectivity index (χ4v) is 3.67. The lowest BCUT2D eigenvalue weighted by atomic mass is 10.1. The Bertz CT molecular complexity index is 567. The van der Waals surface area contributed by atoms with E-state index < -0.39 is 10.2 Å². The Kier molecular flexibility index (Phi) is 6.83. The van der Waals surface area contributed by atoms with Crippen LogP contribution >= 0.6 is 0 Å². The van der Waals surface area contributed by atoms with Crippen molar-refractivity contribution in [3.8, 4) is 5.75 Å². The van der Waals surface area contributed by atoms with Crippen molar-refractivity contribution in [2.75, 3.05) is 46.4 Å². The summed E-state index contributed by atoms with van der Waals surface area (Å²) in [5.41, 5.74) is 1.29. The van der Waals surface area contributed by atoms with Crippen LogP contribution in [-0.2, 0) is 16.6 Å². The van der Waals surface area contributed by atoms with E-state index in [2.05, 4.69) is 16.5 Å². The van der Waals surface area contributed by atoms with Gasteiger partial charge < -0.3 is 9.64 Å². The number of nitrogens with one attached hydrogen (secondary N) is 1. The summed E-state index contributed by atoms with van der Waals surface area (Å²) in [6.07, 6.45) is 2.18. The Balaban J connectivity index is 1.71. The third kappa shape index (κ3) is 5.76. The topological polar surface area (TPSA) is 61.9 Å². The summed E-state index contributed by atoms with van der Waals surface area (Å²) in [4.78, 5) is 2.12. The van der Waals surface area contributed by atoms with Crippen LogP contribution in [0.5, 0.6) is 5.75 Å². The van der Waals surface area contributed by atoms with Gasteiger partial charge in [-0.15, -0.1) is 0 Å². The van der Waals surface area contributed by atoms with E-state index in [9.17, 15) is 8.42 Å². The molecule has 0 aliphatic carbocycles. The van der Waals surface area contributed by atoms with Gasteiger partial charge in [-0.25, -0.2) is 0 Å². The minimum atomic E-state index is -3.40. The van der Waals surface area contributed by atoms with Crippen molar-refractivity contribution in [1.29, 1.82) is 0 Å². The van der Waals surface area contributed by atoms with E-state index in [-0.39, 0.29) is 6.54 Å². The molecule has 0 aromatic heterocycles. The summed E-state index contributed by atoms with van der Waals surface area (Å²) in [5, 5.41) is 0. The van der Waals surface area contributed by atoms with Crippen LogP contribution in [0.25, 0.3) is 0 Å². The highest BCUT2D eigenvalue weighted by molar-refractivity contribution is 7.87. The molecule has 0 saturated carbocycles. The average molecular weight is 341 g/mol. The summed E-state index contributed by atoms with van der Waals surface area (Å²) >= 11 is 0. The molecule has 0 spiro atoms. The third-order valence-electron chi connectivity index (χ3n) is 3.92. The molecule has 1 aliphatic rings. The third-order valence-corrected chi connectivity index (χ3v) is 5.53. The minimum Gasteiger partial charge on any atom is -0.492 e. The van der Waals surface area contributed by atoms with Crippen LogP contribution in [0.4, 0.5) is 0 Å². The zero-order chi connectivity index (χ0) is 16.7. The summed E-state index contributed by atoms with van der Waals surface area (Å²) < 4.78 is 34.0. The lowest BCUT2D eigenvalue weighted by molar-refractivity contribution is 0.220. The zero-order valence-electron chi connectivity index (χ0n) is 14.0. The molecule has 1 fully saturated rings. The fraction of sp³-hybridized carbons (Fsp3) is 0.625. The Labute approximate surface area is 139 Å². The maximum Gasteiger partial charge on any atom is 0.279 e. The zero-order valence-corrected chi connectivity index (χ0v) is 14.8. The number of aryl methyl sites for hydroxylation is 1. The van der Waals surface area contributed by atoms with Crippen molar-refractivity contribution >= 4 is 10.2 Å². The first-order valence-corrected chi connectivity index (χ1v) is 9.60. The first-order valence-electron chi connectivity index (χ1n) is 8.16. The monoisotopic (exact) mass is 341 g/mol. The molecular formula is C16H27N3O3S.